The van der Waals surface area contributed by atoms with E-state index in [2.05, 4.69) is 22.3 Å². The Labute approximate surface area is 152 Å². The van der Waals surface area contributed by atoms with Crippen molar-refractivity contribution in [2.45, 2.75) is 44.9 Å². The molecule has 3 rings (SSSR count). The van der Waals surface area contributed by atoms with Gasteiger partial charge in [0.2, 0.25) is 0 Å². The number of nitrogens with zero attached hydrogens (tertiary/aromatic N) is 2. The highest BCUT2D eigenvalue weighted by molar-refractivity contribution is 14.0. The molecule has 5 heteroatoms. The van der Waals surface area contributed by atoms with E-state index in [0.717, 1.165) is 44.1 Å². The van der Waals surface area contributed by atoms with E-state index in [-0.39, 0.29) is 24.0 Å². The molecule has 0 unspecified atom stereocenters. The van der Waals surface area contributed by atoms with E-state index in [1.807, 2.05) is 7.05 Å². The van der Waals surface area contributed by atoms with Crippen molar-refractivity contribution in [1.82, 2.24) is 10.2 Å². The molecule has 0 aromatic rings. The first kappa shape index (κ1) is 18.3. The van der Waals surface area contributed by atoms with Crippen LogP contribution in [-0.2, 0) is 4.74 Å². The lowest BCUT2D eigenvalue weighted by atomic mass is 9.65. The van der Waals surface area contributed by atoms with E-state index < -0.39 is 0 Å². The second kappa shape index (κ2) is 8.18. The molecule has 0 heterocycles. The summed E-state index contributed by atoms with van der Waals surface area (Å²) in [6, 6.07) is 0. The van der Waals surface area contributed by atoms with Gasteiger partial charge in [0.05, 0.1) is 6.61 Å². The number of likely N-dealkylation sites (N-methyl/N-ethyl adjacent to an activating group) is 1. The maximum Gasteiger partial charge on any atom is 0.193 e. The molecule has 0 saturated heterocycles. The monoisotopic (exact) mass is 421 g/mol. The number of ether oxygens (including phenoxy) is 1. The third kappa shape index (κ3) is 4.73. The molecule has 3 fully saturated rings. The van der Waals surface area contributed by atoms with Gasteiger partial charge in [-0.15, -0.1) is 24.0 Å². The average Bonchev–Trinajstić information content (AvgIpc) is 3.30. The second-order valence-corrected chi connectivity index (χ2v) is 7.33. The number of nitrogens with one attached hydrogen (secondary N) is 1. The Kier molecular flexibility index (Phi) is 6.80. The molecule has 4 nitrogen and oxygen atoms in total. The largest absolute Gasteiger partial charge is 0.379 e. The molecule has 22 heavy (non-hydrogen) atoms. The molecule has 0 spiro atoms. The van der Waals surface area contributed by atoms with Crippen molar-refractivity contribution in [3.63, 3.8) is 0 Å². The average molecular weight is 421 g/mol. The highest BCUT2D eigenvalue weighted by Gasteiger charge is 2.48. The van der Waals surface area contributed by atoms with Gasteiger partial charge in [-0.05, 0) is 55.8 Å². The summed E-state index contributed by atoms with van der Waals surface area (Å²) in [6.07, 6.45) is 9.87. The van der Waals surface area contributed by atoms with Gasteiger partial charge >= 0.3 is 0 Å². The van der Waals surface area contributed by atoms with Crippen LogP contribution in [0.5, 0.6) is 0 Å². The van der Waals surface area contributed by atoms with Crippen LogP contribution in [-0.4, -0.2) is 51.3 Å². The number of hydrogen-bond acceptors (Lipinski definition) is 2. The van der Waals surface area contributed by atoms with Crippen molar-refractivity contribution in [2.75, 3.05) is 40.4 Å². The van der Waals surface area contributed by atoms with Gasteiger partial charge < -0.3 is 15.0 Å². The highest BCUT2D eigenvalue weighted by Crippen LogP contribution is 2.56. The summed E-state index contributed by atoms with van der Waals surface area (Å²) in [4.78, 5) is 6.63. The fraction of sp³-hybridized carbons (Fsp3) is 0.941. The molecule has 0 atom stereocenters. The zero-order valence-corrected chi connectivity index (χ0v) is 16.5. The van der Waals surface area contributed by atoms with Crippen LogP contribution in [0.1, 0.15) is 44.9 Å². The lowest BCUT2D eigenvalue weighted by Gasteiger charge is -2.43. The van der Waals surface area contributed by atoms with E-state index in [1.165, 1.54) is 44.9 Å². The lowest BCUT2D eigenvalue weighted by molar-refractivity contribution is 0.102. The van der Waals surface area contributed by atoms with Crippen LogP contribution in [0.15, 0.2) is 4.99 Å². The van der Waals surface area contributed by atoms with Gasteiger partial charge in [-0.25, -0.2) is 0 Å². The van der Waals surface area contributed by atoms with E-state index in [4.69, 9.17) is 4.74 Å². The molecule has 0 radical (unpaired) electrons. The topological polar surface area (TPSA) is 36.9 Å². The molecule has 3 aliphatic carbocycles. The first-order chi connectivity index (χ1) is 10.2. The third-order valence-corrected chi connectivity index (χ3v) is 5.59. The third-order valence-electron chi connectivity index (χ3n) is 5.59. The molecule has 1 N–H and O–H groups in total. The maximum absolute atomic E-state index is 5.72. The minimum absolute atomic E-state index is 0. The van der Waals surface area contributed by atoms with E-state index in [1.54, 1.807) is 0 Å². The number of aliphatic imine (C=N–C) groups is 1. The SMILES string of the molecule is CN=C(NCC1(C2CC2)CCC1)N(C)CCOCC1CC1.I. The summed E-state index contributed by atoms with van der Waals surface area (Å²) in [5.41, 5.74) is 0.596. The Bertz CT molecular complexity index is 376. The van der Waals surface area contributed by atoms with Gasteiger partial charge in [-0.1, -0.05) is 6.42 Å². The predicted molar refractivity (Wildman–Crippen MR) is 102 cm³/mol. The van der Waals surface area contributed by atoms with Crippen LogP contribution in [0.3, 0.4) is 0 Å². The predicted octanol–water partition coefficient (Wildman–Crippen LogP) is 3.12. The zero-order valence-electron chi connectivity index (χ0n) is 14.1. The van der Waals surface area contributed by atoms with Crippen molar-refractivity contribution in [3.8, 4) is 0 Å². The van der Waals surface area contributed by atoms with Crippen LogP contribution in [0, 0.1) is 17.3 Å². The number of hydrogen-bond donors (Lipinski definition) is 1. The quantitative estimate of drug-likeness (QED) is 0.283. The summed E-state index contributed by atoms with van der Waals surface area (Å²) in [5.74, 6) is 2.87. The van der Waals surface area contributed by atoms with Gasteiger partial charge in [-0.2, -0.15) is 0 Å². The van der Waals surface area contributed by atoms with Gasteiger partial charge in [0.15, 0.2) is 5.96 Å². The fourth-order valence-electron chi connectivity index (χ4n) is 3.54. The van der Waals surface area contributed by atoms with E-state index >= 15 is 0 Å². The Morgan fingerprint density at radius 3 is 2.50 bits per heavy atom. The molecule has 0 amide bonds. The maximum atomic E-state index is 5.72. The molecule has 0 aliphatic heterocycles. The number of guanidine groups is 1. The lowest BCUT2D eigenvalue weighted by Crippen LogP contribution is -2.48. The minimum Gasteiger partial charge on any atom is -0.379 e. The normalized spacial score (nSPS) is 23.5. The zero-order chi connectivity index (χ0) is 14.7. The van der Waals surface area contributed by atoms with Crippen molar-refractivity contribution in [2.24, 2.45) is 22.2 Å². The summed E-state index contributed by atoms with van der Waals surface area (Å²) in [6.45, 7) is 3.78. The van der Waals surface area contributed by atoms with Gasteiger partial charge in [-0.3, -0.25) is 4.99 Å². The van der Waals surface area contributed by atoms with Crippen LogP contribution in [0.2, 0.25) is 0 Å². The van der Waals surface area contributed by atoms with E-state index in [9.17, 15) is 0 Å². The Hall–Kier alpha value is -0.0400. The Balaban J connectivity index is 0.00000176. The van der Waals surface area contributed by atoms with Gasteiger partial charge in [0.1, 0.15) is 0 Å². The van der Waals surface area contributed by atoms with Crippen LogP contribution < -0.4 is 5.32 Å². The van der Waals surface area contributed by atoms with Crippen molar-refractivity contribution < 1.29 is 4.74 Å². The summed E-state index contributed by atoms with van der Waals surface area (Å²) < 4.78 is 5.72. The Morgan fingerprint density at radius 2 is 2.00 bits per heavy atom. The molecule has 128 valence electrons. The molecular formula is C17H32IN3O. The minimum atomic E-state index is 0. The van der Waals surface area contributed by atoms with Crippen molar-refractivity contribution >= 4 is 29.9 Å². The molecule has 3 aliphatic rings. The van der Waals surface area contributed by atoms with E-state index in [0.29, 0.717) is 5.41 Å². The second-order valence-electron chi connectivity index (χ2n) is 7.33. The smallest absolute Gasteiger partial charge is 0.193 e. The van der Waals surface area contributed by atoms with Crippen molar-refractivity contribution in [1.29, 1.82) is 0 Å². The van der Waals surface area contributed by atoms with Crippen LogP contribution >= 0.6 is 24.0 Å². The van der Waals surface area contributed by atoms with Crippen LogP contribution in [0.4, 0.5) is 0 Å². The summed E-state index contributed by atoms with van der Waals surface area (Å²) >= 11 is 0. The molecule has 3 saturated carbocycles. The summed E-state index contributed by atoms with van der Waals surface area (Å²) in [7, 11) is 3.99. The summed E-state index contributed by atoms with van der Waals surface area (Å²) in [5, 5.41) is 3.62. The first-order valence-electron chi connectivity index (χ1n) is 8.73. The molecular weight excluding hydrogens is 389 g/mol. The number of halogens is 1. The fourth-order valence-corrected chi connectivity index (χ4v) is 3.54. The molecule has 0 bridgehead atoms. The molecule has 0 aromatic carbocycles. The number of rotatable bonds is 8. The Morgan fingerprint density at radius 1 is 1.27 bits per heavy atom. The van der Waals surface area contributed by atoms with Gasteiger partial charge in [0, 0.05) is 33.8 Å². The van der Waals surface area contributed by atoms with Gasteiger partial charge in [0.25, 0.3) is 0 Å². The van der Waals surface area contributed by atoms with Crippen molar-refractivity contribution in [3.05, 3.63) is 0 Å². The van der Waals surface area contributed by atoms with Crippen LogP contribution in [0.25, 0.3) is 0 Å². The highest BCUT2D eigenvalue weighted by atomic mass is 127. The molecule has 0 aromatic heterocycles. The first-order valence-corrected chi connectivity index (χ1v) is 8.73. The standard InChI is InChI=1S/C17H31N3O.HI/c1-18-16(20(2)10-11-21-12-14-4-5-14)19-13-17(8-3-9-17)15-6-7-15;/h14-15H,3-13H2,1-2H3,(H,18,19);1H.